The maximum atomic E-state index is 4.16. The van der Waals surface area contributed by atoms with E-state index >= 15 is 0 Å². The van der Waals surface area contributed by atoms with Crippen molar-refractivity contribution in [3.63, 3.8) is 0 Å². The van der Waals surface area contributed by atoms with Crippen molar-refractivity contribution < 1.29 is 0 Å². The van der Waals surface area contributed by atoms with Crippen molar-refractivity contribution in [1.82, 2.24) is 0 Å². The maximum absolute atomic E-state index is 4.16. The second-order valence-corrected chi connectivity index (χ2v) is 3.99. The van der Waals surface area contributed by atoms with Crippen molar-refractivity contribution in [2.24, 2.45) is 16.8 Å². The van der Waals surface area contributed by atoms with Gasteiger partial charge >= 0.3 is 0 Å². The van der Waals surface area contributed by atoms with Gasteiger partial charge in [0, 0.05) is 12.4 Å². The molecule has 0 unspecified atom stereocenters. The van der Waals surface area contributed by atoms with E-state index in [2.05, 4.69) is 39.3 Å². The average Bonchev–Trinajstić information content (AvgIpc) is 2.02. The van der Waals surface area contributed by atoms with Crippen LogP contribution in [0.2, 0.25) is 0 Å². The lowest BCUT2D eigenvalue weighted by Gasteiger charge is -2.12. The summed E-state index contributed by atoms with van der Waals surface area (Å²) in [6.45, 7) is 12.5. The standard InChI is InChI=1S/C12H21N/c1-6-7-13-9-12(11(4)5)8-10(2)3/h6-7,9-11H,1,8H2,2-5H3/b12-9+,13-7-. The van der Waals surface area contributed by atoms with Gasteiger partial charge < -0.3 is 0 Å². The smallest absolute Gasteiger partial charge is 0.0262 e. The quantitative estimate of drug-likeness (QED) is 0.569. The molecule has 0 saturated heterocycles. The Hall–Kier alpha value is -0.850. The molecule has 1 nitrogen and oxygen atoms in total. The summed E-state index contributed by atoms with van der Waals surface area (Å²) in [5, 5.41) is 0. The molecule has 0 atom stereocenters. The van der Waals surface area contributed by atoms with Crippen LogP contribution in [0.15, 0.2) is 29.4 Å². The average molecular weight is 179 g/mol. The van der Waals surface area contributed by atoms with Gasteiger partial charge in [0.2, 0.25) is 0 Å². The topological polar surface area (TPSA) is 12.4 Å². The van der Waals surface area contributed by atoms with Crippen LogP contribution in [0, 0.1) is 11.8 Å². The third kappa shape index (κ3) is 6.32. The van der Waals surface area contributed by atoms with Crippen LogP contribution in [0.4, 0.5) is 0 Å². The van der Waals surface area contributed by atoms with Crippen LogP contribution in [0.5, 0.6) is 0 Å². The first-order valence-electron chi connectivity index (χ1n) is 4.91. The molecule has 0 fully saturated rings. The van der Waals surface area contributed by atoms with E-state index in [0.717, 1.165) is 6.42 Å². The summed E-state index contributed by atoms with van der Waals surface area (Å²) >= 11 is 0. The van der Waals surface area contributed by atoms with Crippen LogP contribution in [-0.2, 0) is 0 Å². The van der Waals surface area contributed by atoms with Gasteiger partial charge in [-0.25, -0.2) is 0 Å². The molecule has 0 rings (SSSR count). The zero-order chi connectivity index (χ0) is 10.3. The van der Waals surface area contributed by atoms with E-state index < -0.39 is 0 Å². The maximum Gasteiger partial charge on any atom is 0.0262 e. The van der Waals surface area contributed by atoms with Crippen molar-refractivity contribution in [3.8, 4) is 0 Å². The van der Waals surface area contributed by atoms with Crippen LogP contribution in [0.1, 0.15) is 34.1 Å². The van der Waals surface area contributed by atoms with Gasteiger partial charge in [-0.3, -0.25) is 4.99 Å². The molecule has 0 aromatic rings. The molecule has 0 aliphatic heterocycles. The lowest BCUT2D eigenvalue weighted by atomic mass is 9.95. The highest BCUT2D eigenvalue weighted by molar-refractivity contribution is 5.70. The Morgan fingerprint density at radius 2 is 1.92 bits per heavy atom. The molecule has 0 aliphatic rings. The normalized spacial score (nSPS) is 13.2. The summed E-state index contributed by atoms with van der Waals surface area (Å²) in [5.74, 6) is 1.29. The van der Waals surface area contributed by atoms with Crippen LogP contribution in [0.25, 0.3) is 0 Å². The monoisotopic (exact) mass is 179 g/mol. The number of nitrogens with zero attached hydrogens (tertiary/aromatic N) is 1. The SMILES string of the molecule is C=C/C=N\C=C(/CC(C)C)C(C)C. The van der Waals surface area contributed by atoms with Gasteiger partial charge in [0.25, 0.3) is 0 Å². The first-order chi connectivity index (χ1) is 6.07. The summed E-state index contributed by atoms with van der Waals surface area (Å²) in [6.07, 6.45) is 6.52. The zero-order valence-electron chi connectivity index (χ0n) is 9.25. The fourth-order valence-corrected chi connectivity index (χ4v) is 1.11. The van der Waals surface area contributed by atoms with Gasteiger partial charge in [-0.1, -0.05) is 40.3 Å². The van der Waals surface area contributed by atoms with E-state index in [-0.39, 0.29) is 0 Å². The van der Waals surface area contributed by atoms with Gasteiger partial charge in [-0.05, 0) is 23.8 Å². The van der Waals surface area contributed by atoms with Gasteiger partial charge in [0.05, 0.1) is 0 Å². The minimum Gasteiger partial charge on any atom is -0.265 e. The molecule has 0 heterocycles. The summed E-state index contributed by atoms with van der Waals surface area (Å²) < 4.78 is 0. The minimum atomic E-state index is 0.587. The molecule has 0 saturated carbocycles. The van der Waals surface area contributed by atoms with Crippen LogP contribution < -0.4 is 0 Å². The summed E-state index contributed by atoms with van der Waals surface area (Å²) in [4.78, 5) is 4.16. The second-order valence-electron chi connectivity index (χ2n) is 3.99. The molecular weight excluding hydrogens is 158 g/mol. The van der Waals surface area contributed by atoms with Crippen molar-refractivity contribution in [1.29, 1.82) is 0 Å². The summed E-state index contributed by atoms with van der Waals surface area (Å²) in [5.41, 5.74) is 1.41. The summed E-state index contributed by atoms with van der Waals surface area (Å²) in [7, 11) is 0. The molecule has 0 aromatic heterocycles. The lowest BCUT2D eigenvalue weighted by Crippen LogP contribution is -1.98. The number of rotatable bonds is 5. The number of aliphatic imine (C=N–C) groups is 1. The molecule has 74 valence electrons. The molecule has 0 bridgehead atoms. The highest BCUT2D eigenvalue weighted by atomic mass is 14.7. The van der Waals surface area contributed by atoms with Crippen molar-refractivity contribution in [3.05, 3.63) is 24.4 Å². The Morgan fingerprint density at radius 1 is 1.31 bits per heavy atom. The largest absolute Gasteiger partial charge is 0.265 e. The Morgan fingerprint density at radius 3 is 2.31 bits per heavy atom. The summed E-state index contributed by atoms with van der Waals surface area (Å²) in [6, 6.07) is 0. The number of allylic oxidation sites excluding steroid dienone is 2. The molecule has 1 heteroatoms. The van der Waals surface area contributed by atoms with E-state index in [1.807, 2.05) is 6.20 Å². The van der Waals surface area contributed by atoms with Gasteiger partial charge in [-0.15, -0.1) is 0 Å². The Bertz CT molecular complexity index is 197. The third-order valence-electron chi connectivity index (χ3n) is 1.82. The van der Waals surface area contributed by atoms with Gasteiger partial charge in [0.1, 0.15) is 0 Å². The van der Waals surface area contributed by atoms with Gasteiger partial charge in [-0.2, -0.15) is 0 Å². The minimum absolute atomic E-state index is 0.587. The fourth-order valence-electron chi connectivity index (χ4n) is 1.11. The Balaban J connectivity index is 4.31. The molecule has 0 aliphatic carbocycles. The van der Waals surface area contributed by atoms with E-state index in [1.54, 1.807) is 12.3 Å². The van der Waals surface area contributed by atoms with Crippen molar-refractivity contribution >= 4 is 6.21 Å². The first-order valence-corrected chi connectivity index (χ1v) is 4.91. The number of hydrogen-bond donors (Lipinski definition) is 0. The molecule has 0 spiro atoms. The zero-order valence-corrected chi connectivity index (χ0v) is 9.25. The lowest BCUT2D eigenvalue weighted by molar-refractivity contribution is 0.586. The van der Waals surface area contributed by atoms with E-state index in [9.17, 15) is 0 Å². The predicted molar refractivity (Wildman–Crippen MR) is 61.1 cm³/mol. The Kier molecular flexibility index (Phi) is 6.21. The fraction of sp³-hybridized carbons (Fsp3) is 0.583. The van der Waals surface area contributed by atoms with Crippen LogP contribution in [-0.4, -0.2) is 6.21 Å². The Labute approximate surface area is 82.3 Å². The molecule has 13 heavy (non-hydrogen) atoms. The second kappa shape index (κ2) is 6.64. The number of hydrogen-bond acceptors (Lipinski definition) is 1. The van der Waals surface area contributed by atoms with Crippen molar-refractivity contribution in [2.45, 2.75) is 34.1 Å². The first kappa shape index (κ1) is 12.2. The molecule has 0 amide bonds. The molecular formula is C12H21N. The van der Waals surface area contributed by atoms with Crippen LogP contribution in [0.3, 0.4) is 0 Å². The highest BCUT2D eigenvalue weighted by Gasteiger charge is 2.04. The third-order valence-corrected chi connectivity index (χ3v) is 1.82. The van der Waals surface area contributed by atoms with E-state index in [4.69, 9.17) is 0 Å². The van der Waals surface area contributed by atoms with E-state index in [1.165, 1.54) is 5.57 Å². The van der Waals surface area contributed by atoms with Crippen LogP contribution >= 0.6 is 0 Å². The molecule has 0 aromatic carbocycles. The van der Waals surface area contributed by atoms with Crippen molar-refractivity contribution in [2.75, 3.05) is 0 Å². The molecule has 0 N–H and O–H groups in total. The predicted octanol–water partition coefficient (Wildman–Crippen LogP) is 3.83. The van der Waals surface area contributed by atoms with E-state index in [0.29, 0.717) is 11.8 Å². The highest BCUT2D eigenvalue weighted by Crippen LogP contribution is 2.18. The van der Waals surface area contributed by atoms with Gasteiger partial charge in [0.15, 0.2) is 0 Å². The molecule has 0 radical (unpaired) electrons.